The van der Waals surface area contributed by atoms with Crippen LogP contribution in [0.25, 0.3) is 11.3 Å². The van der Waals surface area contributed by atoms with Gasteiger partial charge in [0.05, 0.1) is 19.2 Å². The van der Waals surface area contributed by atoms with Crippen LogP contribution < -0.4 is 10.1 Å². The number of rotatable bonds is 7. The Morgan fingerprint density at radius 2 is 1.94 bits per heavy atom. The fourth-order valence-corrected chi connectivity index (χ4v) is 4.62. The van der Waals surface area contributed by atoms with E-state index in [1.54, 1.807) is 54.2 Å². The SMILES string of the molecule is COc1ccc(NC(=O)C2CSCN2C(=O)CCc2ncc(-c3ccc(C)cc3)o2)cc1. The van der Waals surface area contributed by atoms with Gasteiger partial charge in [-0.2, -0.15) is 0 Å². The number of carbonyl (C=O) groups is 2. The number of aryl methyl sites for hydroxylation is 2. The number of benzene rings is 2. The molecule has 32 heavy (non-hydrogen) atoms. The Kier molecular flexibility index (Phi) is 6.80. The highest BCUT2D eigenvalue weighted by Crippen LogP contribution is 2.25. The Morgan fingerprint density at radius 3 is 2.66 bits per heavy atom. The van der Waals surface area contributed by atoms with Gasteiger partial charge in [-0.3, -0.25) is 9.59 Å². The zero-order chi connectivity index (χ0) is 22.5. The molecule has 2 heterocycles. The van der Waals surface area contributed by atoms with Crippen molar-refractivity contribution in [2.45, 2.75) is 25.8 Å². The summed E-state index contributed by atoms with van der Waals surface area (Å²) in [5.74, 6) is 2.71. The third-order valence-electron chi connectivity index (χ3n) is 5.31. The molecule has 1 aliphatic rings. The number of amides is 2. The lowest BCUT2D eigenvalue weighted by Crippen LogP contribution is -2.44. The second kappa shape index (κ2) is 9.91. The van der Waals surface area contributed by atoms with E-state index in [0.29, 0.717) is 41.1 Å². The highest BCUT2D eigenvalue weighted by Gasteiger charge is 2.34. The summed E-state index contributed by atoms with van der Waals surface area (Å²) in [7, 11) is 1.59. The van der Waals surface area contributed by atoms with Gasteiger partial charge < -0.3 is 19.4 Å². The number of hydrogen-bond donors (Lipinski definition) is 1. The van der Waals surface area contributed by atoms with Crippen LogP contribution in [0, 0.1) is 6.92 Å². The summed E-state index contributed by atoms with van der Waals surface area (Å²) in [5.41, 5.74) is 2.79. The second-order valence-electron chi connectivity index (χ2n) is 7.58. The highest BCUT2D eigenvalue weighted by molar-refractivity contribution is 7.99. The van der Waals surface area contributed by atoms with Crippen molar-refractivity contribution in [2.75, 3.05) is 24.1 Å². The molecule has 1 unspecified atom stereocenters. The Hall–Kier alpha value is -3.26. The predicted octanol–water partition coefficient (Wildman–Crippen LogP) is 4.13. The van der Waals surface area contributed by atoms with E-state index in [2.05, 4.69) is 10.3 Å². The number of thioether (sulfide) groups is 1. The van der Waals surface area contributed by atoms with Gasteiger partial charge in [0, 0.05) is 29.8 Å². The third kappa shape index (κ3) is 5.13. The molecule has 2 amide bonds. The summed E-state index contributed by atoms with van der Waals surface area (Å²) in [6.45, 7) is 2.03. The van der Waals surface area contributed by atoms with Crippen LogP contribution in [-0.4, -0.2) is 46.5 Å². The van der Waals surface area contributed by atoms with Gasteiger partial charge in [0.1, 0.15) is 11.8 Å². The molecule has 1 aliphatic heterocycles. The molecule has 0 aliphatic carbocycles. The maximum atomic E-state index is 12.8. The van der Waals surface area contributed by atoms with E-state index in [-0.39, 0.29) is 18.2 Å². The van der Waals surface area contributed by atoms with Crippen LogP contribution in [0.15, 0.2) is 59.1 Å². The van der Waals surface area contributed by atoms with Crippen LogP contribution in [0.1, 0.15) is 17.9 Å². The van der Waals surface area contributed by atoms with E-state index in [1.807, 2.05) is 31.2 Å². The summed E-state index contributed by atoms with van der Waals surface area (Å²) < 4.78 is 11.0. The first-order valence-electron chi connectivity index (χ1n) is 10.4. The minimum atomic E-state index is -0.498. The van der Waals surface area contributed by atoms with E-state index in [0.717, 1.165) is 5.56 Å². The van der Waals surface area contributed by atoms with Gasteiger partial charge in [0.2, 0.25) is 11.8 Å². The molecule has 1 N–H and O–H groups in total. The number of aromatic nitrogens is 1. The van der Waals surface area contributed by atoms with Crippen molar-refractivity contribution in [3.63, 3.8) is 0 Å². The number of nitrogens with one attached hydrogen (secondary N) is 1. The molecule has 1 aromatic heterocycles. The van der Waals surface area contributed by atoms with Crippen LogP contribution >= 0.6 is 11.8 Å². The number of ether oxygens (including phenoxy) is 1. The van der Waals surface area contributed by atoms with Crippen LogP contribution in [0.5, 0.6) is 5.75 Å². The number of nitrogens with zero attached hydrogens (tertiary/aromatic N) is 2. The van der Waals surface area contributed by atoms with Crippen molar-refractivity contribution in [1.82, 2.24) is 9.88 Å². The van der Waals surface area contributed by atoms with Crippen molar-refractivity contribution in [3.8, 4) is 17.1 Å². The first kappa shape index (κ1) is 22.0. The summed E-state index contributed by atoms with van der Waals surface area (Å²) >= 11 is 1.57. The van der Waals surface area contributed by atoms with E-state index in [4.69, 9.17) is 9.15 Å². The zero-order valence-corrected chi connectivity index (χ0v) is 18.9. The van der Waals surface area contributed by atoms with Crippen molar-refractivity contribution in [1.29, 1.82) is 0 Å². The Balaban J connectivity index is 1.33. The van der Waals surface area contributed by atoms with Gasteiger partial charge in [-0.05, 0) is 31.2 Å². The van der Waals surface area contributed by atoms with Gasteiger partial charge in [0.15, 0.2) is 11.7 Å². The van der Waals surface area contributed by atoms with Gasteiger partial charge in [-0.15, -0.1) is 11.8 Å². The van der Waals surface area contributed by atoms with Crippen molar-refractivity contribution in [2.24, 2.45) is 0 Å². The molecular weight excluding hydrogens is 426 g/mol. The monoisotopic (exact) mass is 451 g/mol. The molecule has 3 aromatic rings. The van der Waals surface area contributed by atoms with Crippen LogP contribution in [0.4, 0.5) is 5.69 Å². The van der Waals surface area contributed by atoms with Crippen molar-refractivity contribution < 1.29 is 18.7 Å². The lowest BCUT2D eigenvalue weighted by atomic mass is 10.1. The molecule has 166 valence electrons. The van der Waals surface area contributed by atoms with E-state index in [1.165, 1.54) is 5.56 Å². The normalized spacial score (nSPS) is 15.6. The summed E-state index contributed by atoms with van der Waals surface area (Å²) in [6, 6.07) is 14.6. The number of hydrogen-bond acceptors (Lipinski definition) is 6. The van der Waals surface area contributed by atoms with E-state index in [9.17, 15) is 9.59 Å². The predicted molar refractivity (Wildman–Crippen MR) is 125 cm³/mol. The molecule has 0 spiro atoms. The molecule has 8 heteroatoms. The van der Waals surface area contributed by atoms with Crippen LogP contribution in [0.3, 0.4) is 0 Å². The smallest absolute Gasteiger partial charge is 0.248 e. The molecular formula is C24H25N3O4S. The van der Waals surface area contributed by atoms with Crippen molar-refractivity contribution in [3.05, 3.63) is 66.2 Å². The standard InChI is InChI=1S/C24H25N3O4S/c1-16-3-5-17(6-4-16)21-13-25-22(31-21)11-12-23(28)27-15-32-14-20(27)24(29)26-18-7-9-19(30-2)10-8-18/h3-10,13,20H,11-12,14-15H2,1-2H3,(H,26,29). The molecule has 0 bridgehead atoms. The highest BCUT2D eigenvalue weighted by atomic mass is 32.2. The number of carbonyl (C=O) groups excluding carboxylic acids is 2. The quantitative estimate of drug-likeness (QED) is 0.581. The molecule has 0 radical (unpaired) electrons. The summed E-state index contributed by atoms with van der Waals surface area (Å²) in [4.78, 5) is 31.5. The lowest BCUT2D eigenvalue weighted by Gasteiger charge is -2.23. The summed E-state index contributed by atoms with van der Waals surface area (Å²) in [5, 5.41) is 2.89. The Labute approximate surface area is 191 Å². The fraction of sp³-hybridized carbons (Fsp3) is 0.292. The topological polar surface area (TPSA) is 84.7 Å². The molecule has 0 saturated carbocycles. The molecule has 7 nitrogen and oxygen atoms in total. The fourth-order valence-electron chi connectivity index (χ4n) is 3.44. The van der Waals surface area contributed by atoms with Gasteiger partial charge in [-0.25, -0.2) is 4.98 Å². The maximum Gasteiger partial charge on any atom is 0.248 e. The van der Waals surface area contributed by atoms with Gasteiger partial charge >= 0.3 is 0 Å². The Morgan fingerprint density at radius 1 is 1.19 bits per heavy atom. The van der Waals surface area contributed by atoms with Crippen LogP contribution in [0.2, 0.25) is 0 Å². The second-order valence-corrected chi connectivity index (χ2v) is 8.58. The largest absolute Gasteiger partial charge is 0.497 e. The maximum absolute atomic E-state index is 12.8. The molecule has 1 fully saturated rings. The average molecular weight is 452 g/mol. The Bertz CT molecular complexity index is 1080. The van der Waals surface area contributed by atoms with Gasteiger partial charge in [-0.1, -0.05) is 29.8 Å². The molecule has 2 aromatic carbocycles. The minimum absolute atomic E-state index is 0.0834. The van der Waals surface area contributed by atoms with Crippen LogP contribution in [-0.2, 0) is 16.0 Å². The third-order valence-corrected chi connectivity index (χ3v) is 6.32. The molecule has 1 atom stereocenters. The molecule has 1 saturated heterocycles. The zero-order valence-electron chi connectivity index (χ0n) is 18.0. The lowest BCUT2D eigenvalue weighted by molar-refractivity contribution is -0.136. The van der Waals surface area contributed by atoms with E-state index >= 15 is 0 Å². The number of methoxy groups -OCH3 is 1. The summed E-state index contributed by atoms with van der Waals surface area (Å²) in [6.07, 6.45) is 2.31. The number of anilines is 1. The van der Waals surface area contributed by atoms with Gasteiger partial charge in [0.25, 0.3) is 0 Å². The first-order valence-corrected chi connectivity index (χ1v) is 11.5. The van der Waals surface area contributed by atoms with Crippen molar-refractivity contribution >= 4 is 29.3 Å². The minimum Gasteiger partial charge on any atom is -0.497 e. The molecule has 4 rings (SSSR count). The van der Waals surface area contributed by atoms with E-state index < -0.39 is 6.04 Å². The number of oxazole rings is 1. The first-order chi connectivity index (χ1) is 15.5. The average Bonchev–Trinajstić information content (AvgIpc) is 3.49.